The summed E-state index contributed by atoms with van der Waals surface area (Å²) in [5, 5.41) is 35.6. The average molecular weight is 382 g/mol. The van der Waals surface area contributed by atoms with Gasteiger partial charge in [0.05, 0.1) is 12.1 Å². The molecule has 150 valence electrons. The van der Waals surface area contributed by atoms with Crippen molar-refractivity contribution in [3.05, 3.63) is 35.9 Å². The summed E-state index contributed by atoms with van der Waals surface area (Å²) < 4.78 is 0. The summed E-state index contributed by atoms with van der Waals surface area (Å²) >= 11 is 0. The molecule has 4 atom stereocenters. The van der Waals surface area contributed by atoms with Gasteiger partial charge < -0.3 is 25.7 Å². The van der Waals surface area contributed by atoms with Crippen LogP contribution in [0.4, 0.5) is 0 Å². The molecule has 1 aliphatic rings. The number of aliphatic hydroxyl groups is 2. The fourth-order valence-corrected chi connectivity index (χ4v) is 2.65. The molecule has 1 aromatic rings. The van der Waals surface area contributed by atoms with Crippen LogP contribution >= 0.6 is 0 Å². The molecule has 1 aliphatic heterocycles. The van der Waals surface area contributed by atoms with Crippen molar-refractivity contribution in [3.63, 3.8) is 0 Å². The van der Waals surface area contributed by atoms with Crippen LogP contribution in [-0.4, -0.2) is 75.0 Å². The lowest BCUT2D eigenvalue weighted by Gasteiger charge is -2.22. The largest absolute Gasteiger partial charge is 0.479 e. The number of aliphatic carboxylic acids is 2. The van der Waals surface area contributed by atoms with Crippen LogP contribution in [0, 0.1) is 0 Å². The molecule has 0 radical (unpaired) electrons. The molecule has 1 saturated heterocycles. The zero-order chi connectivity index (χ0) is 20.6. The van der Waals surface area contributed by atoms with Gasteiger partial charge in [0.15, 0.2) is 12.2 Å². The molecule has 1 amide bonds. The topological polar surface area (TPSA) is 147 Å². The zero-order valence-corrected chi connectivity index (χ0v) is 15.3. The molecule has 0 bridgehead atoms. The Morgan fingerprint density at radius 2 is 1.59 bits per heavy atom. The molecule has 2 unspecified atom stereocenters. The summed E-state index contributed by atoms with van der Waals surface area (Å²) in [6, 6.07) is 10.2. The Morgan fingerprint density at radius 3 is 2.00 bits per heavy atom. The Morgan fingerprint density at radius 1 is 1.07 bits per heavy atom. The van der Waals surface area contributed by atoms with E-state index in [2.05, 4.69) is 10.2 Å². The number of nitrogens with zero attached hydrogens (tertiary/aromatic N) is 1. The summed E-state index contributed by atoms with van der Waals surface area (Å²) in [6.45, 7) is 3.06. The van der Waals surface area contributed by atoms with Crippen molar-refractivity contribution in [3.8, 4) is 0 Å². The van der Waals surface area contributed by atoms with Crippen molar-refractivity contribution in [2.45, 2.75) is 44.1 Å². The van der Waals surface area contributed by atoms with Crippen LogP contribution in [0.15, 0.2) is 30.3 Å². The minimum Gasteiger partial charge on any atom is -0.479 e. The maximum Gasteiger partial charge on any atom is 0.335 e. The highest BCUT2D eigenvalue weighted by atomic mass is 16.4. The first-order chi connectivity index (χ1) is 12.6. The molecule has 1 aromatic carbocycles. The van der Waals surface area contributed by atoms with Crippen LogP contribution in [0.1, 0.15) is 31.4 Å². The normalized spacial score (nSPS) is 19.9. The predicted octanol–water partition coefficient (Wildman–Crippen LogP) is -0.165. The Kier molecular flexibility index (Phi) is 8.86. The lowest BCUT2D eigenvalue weighted by Crippen LogP contribution is -2.42. The number of hydrogen-bond donors (Lipinski definition) is 5. The molecule has 0 aliphatic carbocycles. The molecule has 1 fully saturated rings. The lowest BCUT2D eigenvalue weighted by molar-refractivity contribution is -0.165. The minimum atomic E-state index is -2.27. The standard InChI is InChI=1S/C14H20N2O.C4H6O6/c1-11(12-7-4-3-5-8-12)15-14(17)13-9-6-10-16(13)2;5-1(3(7)8)2(6)4(9)10/h3-5,7-8,11,13H,6,9-10H2,1-2H3,(H,15,17);1-2,5-6H,(H,7,8)(H,9,10)/t11-,13+;/m0./s1. The smallest absolute Gasteiger partial charge is 0.335 e. The van der Waals surface area contributed by atoms with Gasteiger partial charge in [-0.05, 0) is 38.9 Å². The average Bonchev–Trinajstić information content (AvgIpc) is 3.07. The third kappa shape index (κ3) is 6.97. The first-order valence-corrected chi connectivity index (χ1v) is 8.52. The van der Waals surface area contributed by atoms with Gasteiger partial charge in [-0.1, -0.05) is 30.3 Å². The van der Waals surface area contributed by atoms with Crippen molar-refractivity contribution in [1.82, 2.24) is 10.2 Å². The summed E-state index contributed by atoms with van der Waals surface area (Å²) in [7, 11) is 2.02. The first-order valence-electron chi connectivity index (χ1n) is 8.52. The number of likely N-dealkylation sites (N-methyl/N-ethyl adjacent to an activating group) is 1. The van der Waals surface area contributed by atoms with E-state index in [1.54, 1.807) is 0 Å². The van der Waals surface area contributed by atoms with E-state index in [4.69, 9.17) is 20.4 Å². The maximum atomic E-state index is 12.1. The van der Waals surface area contributed by atoms with Crippen LogP contribution in [-0.2, 0) is 14.4 Å². The molecule has 27 heavy (non-hydrogen) atoms. The van der Waals surface area contributed by atoms with Crippen LogP contribution in [0.2, 0.25) is 0 Å². The van der Waals surface area contributed by atoms with Crippen LogP contribution in [0.5, 0.6) is 0 Å². The number of carboxylic acid groups (broad SMARTS) is 2. The van der Waals surface area contributed by atoms with Gasteiger partial charge >= 0.3 is 11.9 Å². The van der Waals surface area contributed by atoms with Crippen molar-refractivity contribution in [2.75, 3.05) is 13.6 Å². The van der Waals surface area contributed by atoms with Crippen LogP contribution in [0.3, 0.4) is 0 Å². The number of benzene rings is 1. The molecule has 0 spiro atoms. The molecule has 2 rings (SSSR count). The first kappa shape index (κ1) is 22.6. The predicted molar refractivity (Wildman–Crippen MR) is 95.9 cm³/mol. The van der Waals surface area contributed by atoms with Gasteiger partial charge in [0, 0.05) is 0 Å². The third-order valence-corrected chi connectivity index (χ3v) is 4.29. The monoisotopic (exact) mass is 382 g/mol. The molecule has 9 nitrogen and oxygen atoms in total. The molecule has 9 heteroatoms. The van der Waals surface area contributed by atoms with E-state index in [1.165, 1.54) is 0 Å². The highest BCUT2D eigenvalue weighted by Gasteiger charge is 2.29. The van der Waals surface area contributed by atoms with Gasteiger partial charge in [0.25, 0.3) is 0 Å². The Bertz CT molecular complexity index is 620. The summed E-state index contributed by atoms with van der Waals surface area (Å²) in [5.41, 5.74) is 1.15. The van der Waals surface area contributed by atoms with Crippen molar-refractivity contribution >= 4 is 17.8 Å². The van der Waals surface area contributed by atoms with Crippen molar-refractivity contribution in [2.24, 2.45) is 0 Å². The van der Waals surface area contributed by atoms with E-state index in [-0.39, 0.29) is 18.0 Å². The van der Waals surface area contributed by atoms with Gasteiger partial charge in [-0.3, -0.25) is 9.69 Å². The van der Waals surface area contributed by atoms with E-state index < -0.39 is 24.1 Å². The number of carboxylic acids is 2. The van der Waals surface area contributed by atoms with Crippen molar-refractivity contribution < 1.29 is 34.8 Å². The van der Waals surface area contributed by atoms with Gasteiger partial charge in [0.2, 0.25) is 5.91 Å². The maximum absolute atomic E-state index is 12.1. The van der Waals surface area contributed by atoms with E-state index in [0.29, 0.717) is 0 Å². The SMILES string of the molecule is C[C@H](NC(=O)[C@H]1CCCN1C)c1ccccc1.O=C(O)C(O)C(O)C(=O)O. The molecule has 0 saturated carbocycles. The number of amides is 1. The summed E-state index contributed by atoms with van der Waals surface area (Å²) in [6.07, 6.45) is -2.44. The van der Waals surface area contributed by atoms with Gasteiger partial charge in [-0.15, -0.1) is 0 Å². The Hall–Kier alpha value is -2.49. The van der Waals surface area contributed by atoms with Gasteiger partial charge in [-0.25, -0.2) is 9.59 Å². The van der Waals surface area contributed by atoms with Gasteiger partial charge in [-0.2, -0.15) is 0 Å². The number of carbonyl (C=O) groups excluding carboxylic acids is 1. The van der Waals surface area contributed by atoms with E-state index >= 15 is 0 Å². The van der Waals surface area contributed by atoms with Crippen LogP contribution in [0.25, 0.3) is 0 Å². The highest BCUT2D eigenvalue weighted by Crippen LogP contribution is 2.17. The zero-order valence-electron chi connectivity index (χ0n) is 15.3. The van der Waals surface area contributed by atoms with Crippen molar-refractivity contribution in [1.29, 1.82) is 0 Å². The van der Waals surface area contributed by atoms with E-state index in [9.17, 15) is 14.4 Å². The summed E-state index contributed by atoms with van der Waals surface area (Å²) in [4.78, 5) is 33.8. The highest BCUT2D eigenvalue weighted by molar-refractivity contribution is 5.83. The molecular weight excluding hydrogens is 356 g/mol. The van der Waals surface area contributed by atoms with Gasteiger partial charge in [0.1, 0.15) is 0 Å². The van der Waals surface area contributed by atoms with Crippen LogP contribution < -0.4 is 5.32 Å². The van der Waals surface area contributed by atoms with E-state index in [1.807, 2.05) is 44.3 Å². The number of nitrogens with one attached hydrogen (secondary N) is 1. The summed E-state index contributed by atoms with van der Waals surface area (Å²) in [5.74, 6) is -3.38. The second-order valence-corrected chi connectivity index (χ2v) is 6.35. The molecular formula is C18H26N2O7. The Labute approximate surface area is 157 Å². The number of likely N-dealkylation sites (tertiary alicyclic amines) is 1. The number of carbonyl (C=O) groups is 3. The molecule has 1 heterocycles. The molecule has 0 aromatic heterocycles. The molecule has 5 N–H and O–H groups in total. The lowest BCUT2D eigenvalue weighted by atomic mass is 10.1. The second-order valence-electron chi connectivity index (χ2n) is 6.35. The minimum absolute atomic E-state index is 0.0566. The number of aliphatic hydroxyl groups excluding tert-OH is 2. The number of hydrogen-bond acceptors (Lipinski definition) is 6. The van der Waals surface area contributed by atoms with E-state index in [0.717, 1.165) is 24.9 Å². The second kappa shape index (κ2) is 10.6. The third-order valence-electron chi connectivity index (χ3n) is 4.29. The fourth-order valence-electron chi connectivity index (χ4n) is 2.65. The Balaban J connectivity index is 0.000000314. The fraction of sp³-hybridized carbons (Fsp3) is 0.500. The number of rotatable bonds is 6. The quantitative estimate of drug-likeness (QED) is 0.456.